The van der Waals surface area contributed by atoms with Gasteiger partial charge in [-0.05, 0) is 50.4 Å². The number of hydrogen-bond acceptors (Lipinski definition) is 5. The maximum absolute atomic E-state index is 11.8. The second kappa shape index (κ2) is 9.82. The SMILES string of the molecule is CCc1cc(=O)[nH]c(-c2ccc(NCC(C(CC)CC)N3CCCC3)nc2)n1. The highest BCUT2D eigenvalue weighted by molar-refractivity contribution is 5.55. The van der Waals surface area contributed by atoms with Gasteiger partial charge in [-0.1, -0.05) is 33.6 Å². The molecular weight excluding hydrogens is 350 g/mol. The van der Waals surface area contributed by atoms with Gasteiger partial charge in [0.25, 0.3) is 5.56 Å². The van der Waals surface area contributed by atoms with Crippen molar-refractivity contribution in [1.29, 1.82) is 0 Å². The molecular formula is C22H33N5O. The fraction of sp³-hybridized carbons (Fsp3) is 0.591. The highest BCUT2D eigenvalue weighted by Gasteiger charge is 2.27. The molecule has 2 aromatic heterocycles. The van der Waals surface area contributed by atoms with Gasteiger partial charge >= 0.3 is 0 Å². The zero-order valence-electron chi connectivity index (χ0n) is 17.4. The minimum atomic E-state index is -0.123. The van der Waals surface area contributed by atoms with Gasteiger partial charge < -0.3 is 10.3 Å². The lowest BCUT2D eigenvalue weighted by molar-refractivity contribution is 0.175. The quantitative estimate of drug-likeness (QED) is 0.690. The van der Waals surface area contributed by atoms with E-state index in [1.807, 2.05) is 19.1 Å². The standard InChI is InChI=1S/C22H33N5O/c1-4-16(5-2)19(27-11-7-8-12-27)15-24-20-10-9-17(14-23-20)22-25-18(6-3)13-21(28)26-22/h9-10,13-14,16,19H,4-8,11-12,15H2,1-3H3,(H,23,24)(H,25,26,28). The molecule has 0 radical (unpaired) electrons. The lowest BCUT2D eigenvalue weighted by atomic mass is 9.93. The minimum absolute atomic E-state index is 0.123. The number of nitrogens with zero attached hydrogens (tertiary/aromatic N) is 3. The first-order valence-corrected chi connectivity index (χ1v) is 10.7. The number of rotatable bonds is 9. The van der Waals surface area contributed by atoms with Crippen LogP contribution >= 0.6 is 0 Å². The summed E-state index contributed by atoms with van der Waals surface area (Å²) in [7, 11) is 0. The Bertz CT molecular complexity index is 789. The molecule has 0 saturated carbocycles. The number of aromatic amines is 1. The molecule has 0 bridgehead atoms. The summed E-state index contributed by atoms with van der Waals surface area (Å²) in [6, 6.07) is 6.04. The molecule has 1 fully saturated rings. The van der Waals surface area contributed by atoms with Crippen LogP contribution in [0.1, 0.15) is 52.1 Å². The summed E-state index contributed by atoms with van der Waals surface area (Å²) in [5, 5.41) is 3.54. The lowest BCUT2D eigenvalue weighted by Gasteiger charge is -2.34. The zero-order valence-corrected chi connectivity index (χ0v) is 17.4. The summed E-state index contributed by atoms with van der Waals surface area (Å²) in [5.41, 5.74) is 1.50. The van der Waals surface area contributed by atoms with E-state index in [4.69, 9.17) is 0 Å². The fourth-order valence-corrected chi connectivity index (χ4v) is 4.17. The third-order valence-electron chi connectivity index (χ3n) is 5.89. The average molecular weight is 384 g/mol. The van der Waals surface area contributed by atoms with Gasteiger partial charge in [-0.3, -0.25) is 9.69 Å². The van der Waals surface area contributed by atoms with Crippen LogP contribution in [0.2, 0.25) is 0 Å². The summed E-state index contributed by atoms with van der Waals surface area (Å²) >= 11 is 0. The van der Waals surface area contributed by atoms with Crippen LogP contribution < -0.4 is 10.9 Å². The Morgan fingerprint density at radius 1 is 1.18 bits per heavy atom. The van der Waals surface area contributed by atoms with Crippen molar-refractivity contribution in [1.82, 2.24) is 19.9 Å². The van der Waals surface area contributed by atoms with Gasteiger partial charge in [0.15, 0.2) is 0 Å². The number of aromatic nitrogens is 3. The maximum atomic E-state index is 11.8. The predicted octanol–water partition coefficient (Wildman–Crippen LogP) is 3.71. The van der Waals surface area contributed by atoms with Crippen LogP contribution in [-0.2, 0) is 6.42 Å². The molecule has 0 aromatic carbocycles. The van der Waals surface area contributed by atoms with Crippen LogP contribution in [0.5, 0.6) is 0 Å². The van der Waals surface area contributed by atoms with Gasteiger partial charge in [0.05, 0.1) is 0 Å². The minimum Gasteiger partial charge on any atom is -0.368 e. The number of pyridine rings is 1. The smallest absolute Gasteiger partial charge is 0.251 e. The summed E-state index contributed by atoms with van der Waals surface area (Å²) in [4.78, 5) is 26.3. The van der Waals surface area contributed by atoms with Crippen molar-refractivity contribution in [2.45, 2.75) is 58.9 Å². The van der Waals surface area contributed by atoms with Crippen molar-refractivity contribution in [3.63, 3.8) is 0 Å². The molecule has 1 unspecified atom stereocenters. The number of anilines is 1. The van der Waals surface area contributed by atoms with E-state index in [0.29, 0.717) is 17.8 Å². The van der Waals surface area contributed by atoms with E-state index in [0.717, 1.165) is 30.0 Å². The third-order valence-corrected chi connectivity index (χ3v) is 5.89. The monoisotopic (exact) mass is 383 g/mol. The van der Waals surface area contributed by atoms with Crippen molar-refractivity contribution in [3.8, 4) is 11.4 Å². The normalized spacial score (nSPS) is 15.9. The first kappa shape index (κ1) is 20.5. The summed E-state index contributed by atoms with van der Waals surface area (Å²) in [5.74, 6) is 2.15. The molecule has 3 rings (SSSR count). The molecule has 1 atom stereocenters. The van der Waals surface area contributed by atoms with Crippen molar-refractivity contribution in [2.24, 2.45) is 5.92 Å². The molecule has 6 nitrogen and oxygen atoms in total. The first-order valence-electron chi connectivity index (χ1n) is 10.7. The van der Waals surface area contributed by atoms with Gasteiger partial charge in [-0.15, -0.1) is 0 Å². The Morgan fingerprint density at radius 3 is 2.54 bits per heavy atom. The van der Waals surface area contributed by atoms with E-state index >= 15 is 0 Å². The Balaban J connectivity index is 1.69. The van der Waals surface area contributed by atoms with Gasteiger partial charge in [-0.25, -0.2) is 9.97 Å². The van der Waals surface area contributed by atoms with Crippen LogP contribution in [0.25, 0.3) is 11.4 Å². The van der Waals surface area contributed by atoms with Crippen LogP contribution in [-0.4, -0.2) is 45.5 Å². The first-order chi connectivity index (χ1) is 13.6. The number of aryl methyl sites for hydroxylation is 1. The van der Waals surface area contributed by atoms with Gasteiger partial charge in [0.1, 0.15) is 11.6 Å². The van der Waals surface area contributed by atoms with Crippen molar-refractivity contribution < 1.29 is 0 Å². The van der Waals surface area contributed by atoms with Crippen LogP contribution in [0.3, 0.4) is 0 Å². The predicted molar refractivity (Wildman–Crippen MR) is 115 cm³/mol. The molecule has 2 aromatic rings. The van der Waals surface area contributed by atoms with E-state index in [2.05, 4.69) is 39.0 Å². The topological polar surface area (TPSA) is 73.9 Å². The van der Waals surface area contributed by atoms with Gasteiger partial charge in [-0.2, -0.15) is 0 Å². The Hall–Kier alpha value is -2.21. The van der Waals surface area contributed by atoms with Crippen molar-refractivity contribution in [3.05, 3.63) is 40.4 Å². The van der Waals surface area contributed by atoms with E-state index < -0.39 is 0 Å². The molecule has 0 spiro atoms. The highest BCUT2D eigenvalue weighted by Crippen LogP contribution is 2.23. The summed E-state index contributed by atoms with van der Waals surface area (Å²) in [6.45, 7) is 9.92. The molecule has 6 heteroatoms. The number of nitrogens with one attached hydrogen (secondary N) is 2. The maximum Gasteiger partial charge on any atom is 0.251 e. The summed E-state index contributed by atoms with van der Waals surface area (Å²) in [6.07, 6.45) is 7.55. The van der Waals surface area contributed by atoms with E-state index in [1.54, 1.807) is 12.3 Å². The molecule has 1 aliphatic heterocycles. The molecule has 2 N–H and O–H groups in total. The third kappa shape index (κ3) is 4.98. The van der Waals surface area contributed by atoms with Crippen LogP contribution in [0.15, 0.2) is 29.2 Å². The number of hydrogen-bond donors (Lipinski definition) is 2. The van der Waals surface area contributed by atoms with Gasteiger partial charge in [0.2, 0.25) is 0 Å². The van der Waals surface area contributed by atoms with Crippen molar-refractivity contribution in [2.75, 3.05) is 25.0 Å². The second-order valence-electron chi connectivity index (χ2n) is 7.64. The van der Waals surface area contributed by atoms with Crippen molar-refractivity contribution >= 4 is 5.82 Å². The Labute approximate surface area is 167 Å². The molecule has 1 aliphatic rings. The highest BCUT2D eigenvalue weighted by atomic mass is 16.1. The summed E-state index contributed by atoms with van der Waals surface area (Å²) < 4.78 is 0. The van der Waals surface area contributed by atoms with E-state index in [9.17, 15) is 4.79 Å². The largest absolute Gasteiger partial charge is 0.368 e. The van der Waals surface area contributed by atoms with E-state index in [1.165, 1.54) is 38.8 Å². The molecule has 0 amide bonds. The fourth-order valence-electron chi connectivity index (χ4n) is 4.17. The van der Waals surface area contributed by atoms with Crippen LogP contribution in [0, 0.1) is 5.92 Å². The van der Waals surface area contributed by atoms with Crippen LogP contribution in [0.4, 0.5) is 5.82 Å². The average Bonchev–Trinajstić information content (AvgIpc) is 3.25. The number of H-pyrrole nitrogens is 1. The zero-order chi connectivity index (χ0) is 19.9. The number of likely N-dealkylation sites (tertiary alicyclic amines) is 1. The molecule has 3 heterocycles. The lowest BCUT2D eigenvalue weighted by Crippen LogP contribution is -2.43. The molecule has 0 aliphatic carbocycles. The van der Waals surface area contributed by atoms with Gasteiger partial charge in [0, 0.05) is 36.1 Å². The van der Waals surface area contributed by atoms with E-state index in [-0.39, 0.29) is 5.56 Å². The molecule has 1 saturated heterocycles. The Kier molecular flexibility index (Phi) is 7.20. The second-order valence-corrected chi connectivity index (χ2v) is 7.64. The molecule has 28 heavy (non-hydrogen) atoms. The Morgan fingerprint density at radius 2 is 1.93 bits per heavy atom. The molecule has 152 valence electrons.